The fourth-order valence-electron chi connectivity index (χ4n) is 4.21. The second-order valence-electron chi connectivity index (χ2n) is 9.11. The number of halogens is 1. The Kier molecular flexibility index (Phi) is 5.94. The summed E-state index contributed by atoms with van der Waals surface area (Å²) < 4.78 is 23.6. The molecule has 9 heteroatoms. The van der Waals surface area contributed by atoms with E-state index in [1.54, 1.807) is 31.6 Å². The van der Waals surface area contributed by atoms with Crippen LogP contribution in [-0.2, 0) is 20.1 Å². The first-order valence-electron chi connectivity index (χ1n) is 11.5. The molecule has 4 aromatic rings. The van der Waals surface area contributed by atoms with E-state index in [0.717, 1.165) is 30.9 Å². The Morgan fingerprint density at radius 1 is 1.03 bits per heavy atom. The number of hydrogen-bond acceptors (Lipinski definition) is 6. The molecule has 8 nitrogen and oxygen atoms in total. The Morgan fingerprint density at radius 2 is 1.86 bits per heavy atom. The normalized spacial score (nSPS) is 13.8. The highest BCUT2D eigenvalue weighted by atomic mass is 19.1. The zero-order valence-electron chi connectivity index (χ0n) is 20.2. The fraction of sp³-hybridized carbons (Fsp3) is 0.308. The predicted molar refractivity (Wildman–Crippen MR) is 131 cm³/mol. The van der Waals surface area contributed by atoms with Gasteiger partial charge in [0.2, 0.25) is 5.56 Å². The van der Waals surface area contributed by atoms with Crippen LogP contribution in [0.1, 0.15) is 19.5 Å². The maximum atomic E-state index is 14.1. The highest BCUT2D eigenvalue weighted by molar-refractivity contribution is 5.81. The summed E-state index contributed by atoms with van der Waals surface area (Å²) in [6, 6.07) is 9.69. The number of rotatable bonds is 5. The van der Waals surface area contributed by atoms with Crippen molar-refractivity contribution in [2.24, 2.45) is 7.05 Å². The zero-order chi connectivity index (χ0) is 24.7. The molecule has 0 atom stereocenters. The minimum Gasteiger partial charge on any atom is -0.490 e. The zero-order valence-corrected chi connectivity index (χ0v) is 20.2. The molecule has 5 rings (SSSR count). The van der Waals surface area contributed by atoms with Crippen LogP contribution >= 0.6 is 0 Å². The first-order chi connectivity index (χ1) is 16.8. The number of aryl methyl sites for hydroxylation is 1. The number of ether oxygens (including phenoxy) is 1. The van der Waals surface area contributed by atoms with Crippen molar-refractivity contribution in [1.29, 1.82) is 0 Å². The molecule has 0 unspecified atom stereocenters. The summed E-state index contributed by atoms with van der Waals surface area (Å²) in [6.07, 6.45) is 3.24. The van der Waals surface area contributed by atoms with Crippen molar-refractivity contribution < 1.29 is 9.13 Å². The first-order valence-corrected chi connectivity index (χ1v) is 11.5. The smallest absolute Gasteiger partial charge is 0.250 e. The van der Waals surface area contributed by atoms with E-state index >= 15 is 0 Å². The molecular weight excluding hydrogens is 447 g/mol. The third-order valence-electron chi connectivity index (χ3n) is 5.95. The van der Waals surface area contributed by atoms with Gasteiger partial charge in [-0.1, -0.05) is 0 Å². The van der Waals surface area contributed by atoms with E-state index < -0.39 is 0 Å². The molecular formula is C26H27FN6O2. The van der Waals surface area contributed by atoms with E-state index in [2.05, 4.69) is 11.9 Å². The van der Waals surface area contributed by atoms with Gasteiger partial charge in [0, 0.05) is 49.6 Å². The molecule has 1 aromatic carbocycles. The van der Waals surface area contributed by atoms with Gasteiger partial charge in [-0.05, 0) is 45.2 Å². The van der Waals surface area contributed by atoms with Crippen LogP contribution in [0.4, 0.5) is 4.39 Å². The Hall–Kier alpha value is -3.85. The number of likely N-dealkylation sites (N-methyl/N-ethyl adjacent to an activating group) is 1. The Bertz CT molecular complexity index is 1460. The number of nitrogens with zero attached hydrogens (tertiary/aromatic N) is 6. The summed E-state index contributed by atoms with van der Waals surface area (Å²) in [6.45, 7) is 6.27. The summed E-state index contributed by atoms with van der Waals surface area (Å²) in [5.74, 6) is 0.00957. The SMILES string of the molecule is CC(C)Oc1cc(F)ccc1-c1ncc(-c2ccc(=O)n(C)c2)nc1-c1cc2n(n1)CCN(C)C2. The van der Waals surface area contributed by atoms with Gasteiger partial charge in [0.05, 0.1) is 30.2 Å². The van der Waals surface area contributed by atoms with Crippen LogP contribution in [0.25, 0.3) is 33.9 Å². The van der Waals surface area contributed by atoms with Crippen molar-refractivity contribution in [1.82, 2.24) is 29.2 Å². The summed E-state index contributed by atoms with van der Waals surface area (Å²) in [5, 5.41) is 4.83. The lowest BCUT2D eigenvalue weighted by Gasteiger charge is -2.22. The van der Waals surface area contributed by atoms with Crippen LogP contribution in [0.5, 0.6) is 5.75 Å². The Labute approximate surface area is 202 Å². The van der Waals surface area contributed by atoms with Crippen molar-refractivity contribution in [2.75, 3.05) is 13.6 Å². The van der Waals surface area contributed by atoms with Gasteiger partial charge in [0.25, 0.3) is 0 Å². The average molecular weight is 475 g/mol. The molecule has 0 fully saturated rings. The first kappa shape index (κ1) is 22.9. The Morgan fingerprint density at radius 3 is 2.63 bits per heavy atom. The molecule has 0 N–H and O–H groups in total. The minimum atomic E-state index is -0.388. The van der Waals surface area contributed by atoms with Gasteiger partial charge in [-0.2, -0.15) is 5.10 Å². The van der Waals surface area contributed by atoms with Crippen LogP contribution in [0, 0.1) is 5.82 Å². The van der Waals surface area contributed by atoms with Gasteiger partial charge < -0.3 is 9.30 Å². The molecule has 3 aromatic heterocycles. The third kappa shape index (κ3) is 4.59. The van der Waals surface area contributed by atoms with E-state index in [1.807, 2.05) is 24.6 Å². The van der Waals surface area contributed by atoms with Gasteiger partial charge in [-0.25, -0.2) is 9.37 Å². The van der Waals surface area contributed by atoms with Gasteiger partial charge in [0.15, 0.2) is 0 Å². The number of benzene rings is 1. The van der Waals surface area contributed by atoms with Crippen LogP contribution < -0.4 is 10.3 Å². The highest BCUT2D eigenvalue weighted by Gasteiger charge is 2.23. The van der Waals surface area contributed by atoms with Crippen molar-refractivity contribution in [3.05, 3.63) is 70.7 Å². The molecule has 0 amide bonds. The topological polar surface area (TPSA) is 78.1 Å². The molecule has 0 radical (unpaired) electrons. The summed E-state index contributed by atoms with van der Waals surface area (Å²) in [5.41, 5.74) is 4.80. The van der Waals surface area contributed by atoms with Crippen molar-refractivity contribution in [3.63, 3.8) is 0 Å². The fourth-order valence-corrected chi connectivity index (χ4v) is 4.21. The minimum absolute atomic E-state index is 0.105. The maximum Gasteiger partial charge on any atom is 0.250 e. The predicted octanol–water partition coefficient (Wildman–Crippen LogP) is 3.74. The lowest BCUT2D eigenvalue weighted by molar-refractivity contribution is 0.242. The second kappa shape index (κ2) is 9.07. The van der Waals surface area contributed by atoms with E-state index in [1.165, 1.54) is 22.8 Å². The lowest BCUT2D eigenvalue weighted by atomic mass is 10.0. The number of fused-ring (bicyclic) bond motifs is 1. The van der Waals surface area contributed by atoms with Crippen LogP contribution in [0.15, 0.2) is 53.6 Å². The van der Waals surface area contributed by atoms with Crippen LogP contribution in [-0.4, -0.2) is 48.9 Å². The van der Waals surface area contributed by atoms with Gasteiger partial charge >= 0.3 is 0 Å². The van der Waals surface area contributed by atoms with Gasteiger partial charge in [-0.15, -0.1) is 0 Å². The van der Waals surface area contributed by atoms with Gasteiger partial charge in [0.1, 0.15) is 28.6 Å². The third-order valence-corrected chi connectivity index (χ3v) is 5.95. The monoisotopic (exact) mass is 474 g/mol. The van der Waals surface area contributed by atoms with E-state index in [0.29, 0.717) is 34.1 Å². The quantitative estimate of drug-likeness (QED) is 0.439. The van der Waals surface area contributed by atoms with Crippen LogP contribution in [0.3, 0.4) is 0 Å². The summed E-state index contributed by atoms with van der Waals surface area (Å²) >= 11 is 0. The maximum absolute atomic E-state index is 14.1. The lowest BCUT2D eigenvalue weighted by Crippen LogP contribution is -2.30. The molecule has 0 saturated heterocycles. The Balaban J connectivity index is 1.71. The standard InChI is InChI=1S/C26H27FN6O2/c1-16(2)35-23-11-18(27)6-7-20(23)25-26(21-12-19-15-31(3)9-10-33(19)30-21)29-22(13-28-25)17-5-8-24(34)32(4)14-17/h5-8,11-14,16H,9-10,15H2,1-4H3. The van der Waals surface area contributed by atoms with Gasteiger partial charge in [-0.3, -0.25) is 19.4 Å². The molecule has 0 bridgehead atoms. The molecule has 1 aliphatic rings. The largest absolute Gasteiger partial charge is 0.490 e. The van der Waals surface area contributed by atoms with E-state index in [4.69, 9.17) is 19.8 Å². The molecule has 0 saturated carbocycles. The average Bonchev–Trinajstić information content (AvgIpc) is 3.23. The van der Waals surface area contributed by atoms with Crippen molar-refractivity contribution >= 4 is 0 Å². The van der Waals surface area contributed by atoms with Crippen LogP contribution in [0.2, 0.25) is 0 Å². The summed E-state index contributed by atoms with van der Waals surface area (Å²) in [4.78, 5) is 23.8. The number of aromatic nitrogens is 5. The summed E-state index contributed by atoms with van der Waals surface area (Å²) in [7, 11) is 3.78. The highest BCUT2D eigenvalue weighted by Crippen LogP contribution is 2.37. The molecule has 180 valence electrons. The van der Waals surface area contributed by atoms with E-state index in [-0.39, 0.29) is 17.5 Å². The van der Waals surface area contributed by atoms with Crippen molar-refractivity contribution in [2.45, 2.75) is 33.0 Å². The molecule has 35 heavy (non-hydrogen) atoms. The molecule has 0 spiro atoms. The van der Waals surface area contributed by atoms with E-state index in [9.17, 15) is 9.18 Å². The number of hydrogen-bond donors (Lipinski definition) is 0. The van der Waals surface area contributed by atoms with Crippen molar-refractivity contribution in [3.8, 4) is 39.7 Å². The molecule has 4 heterocycles. The molecule has 0 aliphatic carbocycles. The second-order valence-corrected chi connectivity index (χ2v) is 9.11. The molecule has 1 aliphatic heterocycles. The number of pyridine rings is 1.